The Morgan fingerprint density at radius 2 is 1.80 bits per heavy atom. The highest BCUT2D eigenvalue weighted by molar-refractivity contribution is 5.80. The molecule has 0 aliphatic rings. The van der Waals surface area contributed by atoms with Gasteiger partial charge in [0, 0.05) is 0 Å². The van der Waals surface area contributed by atoms with E-state index in [1.807, 2.05) is 27.7 Å². The number of esters is 1. The molecule has 3 heteroatoms. The number of carbonyl (C=O) groups is 1. The van der Waals surface area contributed by atoms with Gasteiger partial charge in [-0.3, -0.25) is 4.79 Å². The van der Waals surface area contributed by atoms with Gasteiger partial charge in [0.25, 0.3) is 0 Å². The van der Waals surface area contributed by atoms with E-state index < -0.39 is 11.1 Å². The van der Waals surface area contributed by atoms with Crippen molar-refractivity contribution >= 4 is 5.97 Å². The van der Waals surface area contributed by atoms with Crippen LogP contribution in [0.25, 0.3) is 0 Å². The third-order valence-corrected chi connectivity index (χ3v) is 2.41. The van der Waals surface area contributed by atoms with Gasteiger partial charge in [0.2, 0.25) is 0 Å². The maximum atomic E-state index is 11.9. The molecule has 0 unspecified atom stereocenters. The van der Waals surface area contributed by atoms with E-state index in [1.54, 1.807) is 0 Å². The Morgan fingerprint density at radius 3 is 2.13 bits per heavy atom. The zero-order valence-corrected chi connectivity index (χ0v) is 10.7. The third-order valence-electron chi connectivity index (χ3n) is 2.41. The SMILES string of the molecule is CCCC[C@](N)(CC)C(=O)OC(C)(C)C. The van der Waals surface area contributed by atoms with Crippen LogP contribution in [-0.4, -0.2) is 17.1 Å². The highest BCUT2D eigenvalue weighted by Gasteiger charge is 2.35. The van der Waals surface area contributed by atoms with Gasteiger partial charge in [-0.1, -0.05) is 26.7 Å². The summed E-state index contributed by atoms with van der Waals surface area (Å²) in [5, 5.41) is 0. The van der Waals surface area contributed by atoms with Gasteiger partial charge in [-0.25, -0.2) is 0 Å². The second kappa shape index (κ2) is 5.50. The zero-order valence-electron chi connectivity index (χ0n) is 10.7. The van der Waals surface area contributed by atoms with E-state index in [0.717, 1.165) is 12.8 Å². The van der Waals surface area contributed by atoms with Gasteiger partial charge in [-0.2, -0.15) is 0 Å². The van der Waals surface area contributed by atoms with Crippen molar-refractivity contribution in [2.45, 2.75) is 71.4 Å². The molecule has 0 rings (SSSR count). The van der Waals surface area contributed by atoms with Gasteiger partial charge in [0.05, 0.1) is 0 Å². The first-order valence-electron chi connectivity index (χ1n) is 5.77. The Balaban J connectivity index is 4.44. The molecular weight excluding hydrogens is 190 g/mol. The lowest BCUT2D eigenvalue weighted by Gasteiger charge is -2.30. The molecule has 0 radical (unpaired) electrons. The van der Waals surface area contributed by atoms with Crippen LogP contribution in [0.1, 0.15) is 60.3 Å². The minimum Gasteiger partial charge on any atom is -0.459 e. The summed E-state index contributed by atoms with van der Waals surface area (Å²) in [7, 11) is 0. The second-order valence-corrected chi connectivity index (χ2v) is 5.12. The molecule has 90 valence electrons. The van der Waals surface area contributed by atoms with E-state index in [1.165, 1.54) is 0 Å². The molecule has 0 aliphatic heterocycles. The molecule has 0 amide bonds. The summed E-state index contributed by atoms with van der Waals surface area (Å²) in [5.74, 6) is -0.272. The summed E-state index contributed by atoms with van der Waals surface area (Å²) in [5.41, 5.74) is 4.80. The van der Waals surface area contributed by atoms with Crippen LogP contribution in [0.2, 0.25) is 0 Å². The molecular formula is C12H25NO2. The van der Waals surface area contributed by atoms with Crippen LogP contribution in [0.15, 0.2) is 0 Å². The highest BCUT2D eigenvalue weighted by Crippen LogP contribution is 2.20. The van der Waals surface area contributed by atoms with Crippen molar-refractivity contribution < 1.29 is 9.53 Å². The lowest BCUT2D eigenvalue weighted by molar-refractivity contribution is -0.162. The first-order chi connectivity index (χ1) is 6.75. The van der Waals surface area contributed by atoms with Crippen molar-refractivity contribution in [2.75, 3.05) is 0 Å². The topological polar surface area (TPSA) is 52.3 Å². The van der Waals surface area contributed by atoms with Crippen LogP contribution < -0.4 is 5.73 Å². The number of carbonyl (C=O) groups excluding carboxylic acids is 1. The van der Waals surface area contributed by atoms with E-state index >= 15 is 0 Å². The van der Waals surface area contributed by atoms with Gasteiger partial charge in [0.1, 0.15) is 11.1 Å². The zero-order chi connectivity index (χ0) is 12.1. The number of hydrogen-bond acceptors (Lipinski definition) is 3. The average molecular weight is 215 g/mol. The van der Waals surface area contributed by atoms with Crippen LogP contribution in [0, 0.1) is 0 Å². The fraction of sp³-hybridized carbons (Fsp3) is 0.917. The molecule has 0 heterocycles. The molecule has 0 aliphatic carbocycles. The largest absolute Gasteiger partial charge is 0.459 e. The van der Waals surface area contributed by atoms with E-state index in [4.69, 9.17) is 10.5 Å². The van der Waals surface area contributed by atoms with Crippen molar-refractivity contribution in [2.24, 2.45) is 5.73 Å². The van der Waals surface area contributed by atoms with E-state index in [0.29, 0.717) is 12.8 Å². The van der Waals surface area contributed by atoms with Crippen molar-refractivity contribution in [3.05, 3.63) is 0 Å². The summed E-state index contributed by atoms with van der Waals surface area (Å²) in [6.45, 7) is 9.60. The summed E-state index contributed by atoms with van der Waals surface area (Å²) >= 11 is 0. The Hall–Kier alpha value is -0.570. The predicted molar refractivity (Wildman–Crippen MR) is 62.6 cm³/mol. The standard InChI is InChI=1S/C12H25NO2/c1-6-8-9-12(13,7-2)10(14)15-11(3,4)5/h6-9,13H2,1-5H3/t12-/m1/s1. The maximum absolute atomic E-state index is 11.9. The number of nitrogens with two attached hydrogens (primary N) is 1. The second-order valence-electron chi connectivity index (χ2n) is 5.12. The van der Waals surface area contributed by atoms with Crippen LogP contribution in [0.5, 0.6) is 0 Å². The average Bonchev–Trinajstić information content (AvgIpc) is 2.11. The van der Waals surface area contributed by atoms with E-state index in [9.17, 15) is 4.79 Å². The number of unbranched alkanes of at least 4 members (excludes halogenated alkanes) is 1. The number of rotatable bonds is 5. The molecule has 0 bridgehead atoms. The minimum absolute atomic E-state index is 0.272. The summed E-state index contributed by atoms with van der Waals surface area (Å²) in [4.78, 5) is 11.9. The summed E-state index contributed by atoms with van der Waals surface area (Å²) in [6, 6.07) is 0. The van der Waals surface area contributed by atoms with Crippen molar-refractivity contribution in [1.29, 1.82) is 0 Å². The normalized spacial score (nSPS) is 15.9. The van der Waals surface area contributed by atoms with Gasteiger partial charge in [0.15, 0.2) is 0 Å². The molecule has 15 heavy (non-hydrogen) atoms. The van der Waals surface area contributed by atoms with Crippen LogP contribution in [0.4, 0.5) is 0 Å². The summed E-state index contributed by atoms with van der Waals surface area (Å²) < 4.78 is 5.33. The molecule has 0 aromatic carbocycles. The molecule has 2 N–H and O–H groups in total. The maximum Gasteiger partial charge on any atom is 0.326 e. The van der Waals surface area contributed by atoms with Crippen molar-refractivity contribution in [3.8, 4) is 0 Å². The number of hydrogen-bond donors (Lipinski definition) is 1. The molecule has 0 saturated carbocycles. The van der Waals surface area contributed by atoms with Gasteiger partial charge in [-0.05, 0) is 33.6 Å². The Bertz CT molecular complexity index is 208. The Morgan fingerprint density at radius 1 is 1.27 bits per heavy atom. The monoisotopic (exact) mass is 215 g/mol. The fourth-order valence-corrected chi connectivity index (χ4v) is 1.30. The lowest BCUT2D eigenvalue weighted by atomic mass is 9.91. The Kier molecular flexibility index (Phi) is 5.29. The molecule has 0 saturated heterocycles. The smallest absolute Gasteiger partial charge is 0.326 e. The van der Waals surface area contributed by atoms with Crippen LogP contribution >= 0.6 is 0 Å². The molecule has 1 atom stereocenters. The van der Waals surface area contributed by atoms with Crippen molar-refractivity contribution in [1.82, 2.24) is 0 Å². The number of ether oxygens (including phenoxy) is 1. The highest BCUT2D eigenvalue weighted by atomic mass is 16.6. The first-order valence-corrected chi connectivity index (χ1v) is 5.77. The van der Waals surface area contributed by atoms with E-state index in [-0.39, 0.29) is 5.97 Å². The van der Waals surface area contributed by atoms with Crippen LogP contribution in [-0.2, 0) is 9.53 Å². The summed E-state index contributed by atoms with van der Waals surface area (Å²) in [6.07, 6.45) is 3.34. The van der Waals surface area contributed by atoms with Gasteiger partial charge < -0.3 is 10.5 Å². The fourth-order valence-electron chi connectivity index (χ4n) is 1.30. The molecule has 0 aromatic rings. The molecule has 0 spiro atoms. The quantitative estimate of drug-likeness (QED) is 0.717. The minimum atomic E-state index is -0.802. The molecule has 0 aromatic heterocycles. The van der Waals surface area contributed by atoms with Crippen LogP contribution in [0.3, 0.4) is 0 Å². The molecule has 0 fully saturated rings. The van der Waals surface area contributed by atoms with Crippen molar-refractivity contribution in [3.63, 3.8) is 0 Å². The first kappa shape index (κ1) is 14.4. The Labute approximate surface area is 93.4 Å². The van der Waals surface area contributed by atoms with E-state index in [2.05, 4.69) is 6.92 Å². The third kappa shape index (κ3) is 5.17. The predicted octanol–water partition coefficient (Wildman–Crippen LogP) is 2.63. The van der Waals surface area contributed by atoms with Gasteiger partial charge in [-0.15, -0.1) is 0 Å². The lowest BCUT2D eigenvalue weighted by Crippen LogP contribution is -2.50. The molecule has 3 nitrogen and oxygen atoms in total. The van der Waals surface area contributed by atoms with Gasteiger partial charge >= 0.3 is 5.97 Å².